The molecule has 6 heterocycles. The Bertz CT molecular complexity index is 1430. The summed E-state index contributed by atoms with van der Waals surface area (Å²) in [6.45, 7) is 3.17. The number of fused-ring (bicyclic) bond motifs is 2. The van der Waals surface area contributed by atoms with E-state index in [-0.39, 0.29) is 11.8 Å². The molecule has 0 radical (unpaired) electrons. The van der Waals surface area contributed by atoms with E-state index in [1.165, 1.54) is 0 Å². The summed E-state index contributed by atoms with van der Waals surface area (Å²) in [4.78, 5) is 21.1. The maximum absolute atomic E-state index is 13.6. The number of aromatic nitrogens is 5. The molecule has 0 unspecified atom stereocenters. The molecule has 1 saturated heterocycles. The van der Waals surface area contributed by atoms with E-state index in [0.717, 1.165) is 34.9 Å². The number of amides is 1. The number of rotatable bonds is 3. The Balaban J connectivity index is 1.29. The number of piperidine rings is 1. The Morgan fingerprint density at radius 1 is 1.16 bits per heavy atom. The van der Waals surface area contributed by atoms with Crippen molar-refractivity contribution in [2.24, 2.45) is 0 Å². The van der Waals surface area contributed by atoms with Crippen LogP contribution < -0.4 is 0 Å². The monoisotopic (exact) mass is 444 g/mol. The Morgan fingerprint density at radius 3 is 2.84 bits per heavy atom. The van der Waals surface area contributed by atoms with Gasteiger partial charge in [0.15, 0.2) is 5.65 Å². The van der Waals surface area contributed by atoms with Crippen LogP contribution in [0, 0.1) is 6.92 Å². The molecule has 6 rings (SSSR count). The predicted molar refractivity (Wildman–Crippen MR) is 121 cm³/mol. The van der Waals surface area contributed by atoms with Gasteiger partial charge in [-0.3, -0.25) is 9.20 Å². The SMILES string of the molecule is Cc1noc2nc(-c3cccs3)cc(C(=O)N3CCC(c4nnc5ccccn45)CC3)c12. The van der Waals surface area contributed by atoms with Gasteiger partial charge in [-0.25, -0.2) is 4.98 Å². The fraction of sp³-hybridized carbons (Fsp3) is 0.261. The van der Waals surface area contributed by atoms with Crippen molar-refractivity contribution in [2.45, 2.75) is 25.7 Å². The third kappa shape index (κ3) is 3.08. The summed E-state index contributed by atoms with van der Waals surface area (Å²) in [7, 11) is 0. The van der Waals surface area contributed by atoms with E-state index < -0.39 is 0 Å². The van der Waals surface area contributed by atoms with E-state index in [0.29, 0.717) is 35.4 Å². The molecule has 32 heavy (non-hydrogen) atoms. The van der Waals surface area contributed by atoms with Crippen molar-refractivity contribution in [3.05, 3.63) is 65.1 Å². The van der Waals surface area contributed by atoms with Gasteiger partial charge in [-0.05, 0) is 49.4 Å². The molecule has 0 bridgehead atoms. The number of hydrogen-bond acceptors (Lipinski definition) is 7. The van der Waals surface area contributed by atoms with Crippen LogP contribution in [0.25, 0.3) is 27.3 Å². The van der Waals surface area contributed by atoms with Crippen LogP contribution in [-0.4, -0.2) is 48.6 Å². The molecule has 0 saturated carbocycles. The lowest BCUT2D eigenvalue weighted by Crippen LogP contribution is -2.38. The van der Waals surface area contributed by atoms with Crippen LogP contribution in [0.15, 0.2) is 52.5 Å². The first-order valence-electron chi connectivity index (χ1n) is 10.6. The predicted octanol–water partition coefficient (Wildman–Crippen LogP) is 4.32. The zero-order valence-electron chi connectivity index (χ0n) is 17.4. The van der Waals surface area contributed by atoms with Crippen molar-refractivity contribution >= 4 is 34.0 Å². The van der Waals surface area contributed by atoms with Crippen LogP contribution in [0.1, 0.15) is 40.6 Å². The number of carbonyl (C=O) groups is 1. The molecule has 0 spiro atoms. The Labute approximate surface area is 187 Å². The first-order valence-corrected chi connectivity index (χ1v) is 11.5. The molecule has 5 aromatic rings. The molecule has 1 aliphatic heterocycles. The second-order valence-corrected chi connectivity index (χ2v) is 8.98. The smallest absolute Gasteiger partial charge is 0.259 e. The van der Waals surface area contributed by atoms with Gasteiger partial charge in [-0.1, -0.05) is 17.3 Å². The summed E-state index contributed by atoms with van der Waals surface area (Å²) in [5, 5.41) is 15.4. The van der Waals surface area contributed by atoms with Crippen LogP contribution in [0.5, 0.6) is 0 Å². The minimum Gasteiger partial charge on any atom is -0.339 e. The van der Waals surface area contributed by atoms with E-state index in [1.807, 2.05) is 64.2 Å². The molecule has 5 aromatic heterocycles. The number of aryl methyl sites for hydroxylation is 1. The van der Waals surface area contributed by atoms with Crippen molar-refractivity contribution in [2.75, 3.05) is 13.1 Å². The van der Waals surface area contributed by atoms with Gasteiger partial charge >= 0.3 is 0 Å². The van der Waals surface area contributed by atoms with E-state index in [1.54, 1.807) is 11.3 Å². The van der Waals surface area contributed by atoms with Crippen molar-refractivity contribution in [1.29, 1.82) is 0 Å². The van der Waals surface area contributed by atoms with Crippen LogP contribution >= 0.6 is 11.3 Å². The fourth-order valence-corrected chi connectivity index (χ4v) is 5.15. The van der Waals surface area contributed by atoms with Crippen molar-refractivity contribution in [3.63, 3.8) is 0 Å². The quantitative estimate of drug-likeness (QED) is 0.412. The topological polar surface area (TPSA) is 89.4 Å². The zero-order valence-corrected chi connectivity index (χ0v) is 18.2. The van der Waals surface area contributed by atoms with Crippen LogP contribution in [0.2, 0.25) is 0 Å². The van der Waals surface area contributed by atoms with Gasteiger partial charge in [0.2, 0.25) is 0 Å². The lowest BCUT2D eigenvalue weighted by atomic mass is 9.95. The number of thiophene rings is 1. The summed E-state index contributed by atoms with van der Waals surface area (Å²) in [6, 6.07) is 11.7. The highest BCUT2D eigenvalue weighted by atomic mass is 32.1. The van der Waals surface area contributed by atoms with E-state index in [2.05, 4.69) is 20.3 Å². The highest BCUT2D eigenvalue weighted by molar-refractivity contribution is 7.13. The fourth-order valence-electron chi connectivity index (χ4n) is 4.46. The van der Waals surface area contributed by atoms with Gasteiger partial charge in [0.05, 0.1) is 27.2 Å². The molecule has 160 valence electrons. The first kappa shape index (κ1) is 19.1. The first-order chi connectivity index (χ1) is 15.7. The summed E-state index contributed by atoms with van der Waals surface area (Å²) >= 11 is 1.58. The number of nitrogens with zero attached hydrogens (tertiary/aromatic N) is 6. The third-order valence-electron chi connectivity index (χ3n) is 6.11. The van der Waals surface area contributed by atoms with Crippen molar-refractivity contribution in [1.82, 2.24) is 29.6 Å². The average molecular weight is 445 g/mol. The van der Waals surface area contributed by atoms with Crippen molar-refractivity contribution in [3.8, 4) is 10.6 Å². The molecule has 1 amide bonds. The number of hydrogen-bond donors (Lipinski definition) is 0. The standard InChI is InChI=1S/C23H20N6O2S/c1-14-20-16(13-17(18-5-4-12-32-18)24-22(20)31-27-14)23(30)28-10-7-15(8-11-28)21-26-25-19-6-2-3-9-29(19)21/h2-6,9,12-13,15H,7-8,10-11H2,1H3. The summed E-state index contributed by atoms with van der Waals surface area (Å²) in [6.07, 6.45) is 3.68. The Kier molecular flexibility index (Phi) is 4.50. The molecule has 0 aliphatic carbocycles. The highest BCUT2D eigenvalue weighted by Gasteiger charge is 2.29. The summed E-state index contributed by atoms with van der Waals surface area (Å²) in [5.74, 6) is 1.23. The van der Waals surface area contributed by atoms with Gasteiger partial charge in [-0.2, -0.15) is 0 Å². The van der Waals surface area contributed by atoms with E-state index in [4.69, 9.17) is 4.52 Å². The maximum Gasteiger partial charge on any atom is 0.259 e. The van der Waals surface area contributed by atoms with Crippen molar-refractivity contribution < 1.29 is 9.32 Å². The summed E-state index contributed by atoms with van der Waals surface area (Å²) in [5.41, 5.74) is 3.27. The molecule has 1 fully saturated rings. The minimum atomic E-state index is -0.00828. The molecular formula is C23H20N6O2S. The lowest BCUT2D eigenvalue weighted by molar-refractivity contribution is 0.0712. The maximum atomic E-state index is 13.6. The third-order valence-corrected chi connectivity index (χ3v) is 7.00. The molecule has 0 atom stereocenters. The van der Waals surface area contributed by atoms with Gasteiger partial charge in [0, 0.05) is 25.2 Å². The van der Waals surface area contributed by atoms with Crippen LogP contribution in [0.4, 0.5) is 0 Å². The second-order valence-electron chi connectivity index (χ2n) is 8.03. The molecular weight excluding hydrogens is 424 g/mol. The normalized spacial score (nSPS) is 15.1. The van der Waals surface area contributed by atoms with Crippen LogP contribution in [-0.2, 0) is 0 Å². The second kappa shape index (κ2) is 7.52. The zero-order chi connectivity index (χ0) is 21.7. The molecule has 0 aromatic carbocycles. The molecule has 9 heteroatoms. The lowest BCUT2D eigenvalue weighted by Gasteiger charge is -2.31. The van der Waals surface area contributed by atoms with Gasteiger partial charge < -0.3 is 9.42 Å². The average Bonchev–Trinajstić information content (AvgIpc) is 3.58. The van der Waals surface area contributed by atoms with Gasteiger partial charge in [-0.15, -0.1) is 21.5 Å². The van der Waals surface area contributed by atoms with Gasteiger partial charge in [0.1, 0.15) is 5.82 Å². The summed E-state index contributed by atoms with van der Waals surface area (Å²) < 4.78 is 7.47. The molecule has 1 aliphatic rings. The minimum absolute atomic E-state index is 0.00828. The van der Waals surface area contributed by atoms with Crippen LogP contribution in [0.3, 0.4) is 0 Å². The largest absolute Gasteiger partial charge is 0.339 e. The van der Waals surface area contributed by atoms with Gasteiger partial charge in [0.25, 0.3) is 11.6 Å². The Hall–Kier alpha value is -3.59. The molecule has 0 N–H and O–H groups in total. The number of pyridine rings is 2. The number of likely N-dealkylation sites (tertiary alicyclic amines) is 1. The van der Waals surface area contributed by atoms with E-state index in [9.17, 15) is 4.79 Å². The highest BCUT2D eigenvalue weighted by Crippen LogP contribution is 2.32. The molecule has 8 nitrogen and oxygen atoms in total. The Morgan fingerprint density at radius 2 is 2.03 bits per heavy atom. The van der Waals surface area contributed by atoms with E-state index >= 15 is 0 Å². The number of carbonyl (C=O) groups excluding carboxylic acids is 1.